The number of nitro groups is 4. The van der Waals surface area contributed by atoms with E-state index in [0.717, 1.165) is 0 Å². The number of rotatable bonds is 10. The SMILES string of the molecule is CCC1=C(C)c2nc1c([N+](=O)[O-])c1nc(c(-c3ccc([N+](=O)[O-])cc3)c3[nH]c(c(CC)c3C)c([N+](=O)[O-])c3[nH]c(c(C)c3CC)c2-c2ccc([N+](=O)[O-])cc2)C(C)=C1CC. The third-order valence-corrected chi connectivity index (χ3v) is 11.8. The van der Waals surface area contributed by atoms with E-state index in [9.17, 15) is 40.5 Å². The molecule has 306 valence electrons. The van der Waals surface area contributed by atoms with E-state index in [1.54, 1.807) is 24.3 Å². The van der Waals surface area contributed by atoms with Crippen LogP contribution in [0.25, 0.3) is 66.6 Å². The summed E-state index contributed by atoms with van der Waals surface area (Å²) in [6, 6.07) is 11.8. The number of hydrogen-bond donors (Lipinski definition) is 2. The minimum Gasteiger partial charge on any atom is -0.349 e. The van der Waals surface area contributed by atoms with Crippen molar-refractivity contribution in [2.45, 2.75) is 81.1 Å². The van der Waals surface area contributed by atoms with Gasteiger partial charge >= 0.3 is 11.4 Å². The summed E-state index contributed by atoms with van der Waals surface area (Å²) < 4.78 is 0. The summed E-state index contributed by atoms with van der Waals surface area (Å²) >= 11 is 0. The Morgan fingerprint density at radius 3 is 1.10 bits per heavy atom. The molecule has 0 atom stereocenters. The highest BCUT2D eigenvalue weighted by Crippen LogP contribution is 2.48. The molecule has 5 aromatic rings. The highest BCUT2D eigenvalue weighted by Gasteiger charge is 2.35. The maximum atomic E-state index is 13.5. The van der Waals surface area contributed by atoms with Crippen molar-refractivity contribution in [3.05, 3.63) is 134 Å². The van der Waals surface area contributed by atoms with Crippen LogP contribution < -0.4 is 0 Å². The molecule has 2 aliphatic heterocycles. The van der Waals surface area contributed by atoms with Gasteiger partial charge in [-0.2, -0.15) is 0 Å². The molecule has 0 saturated carbocycles. The molecule has 8 bridgehead atoms. The molecular formula is C44H42N8O8. The smallest absolute Gasteiger partial charge is 0.320 e. The lowest BCUT2D eigenvalue weighted by atomic mass is 9.94. The first-order chi connectivity index (χ1) is 28.6. The molecule has 0 aliphatic carbocycles. The first-order valence-corrected chi connectivity index (χ1v) is 19.6. The topological polar surface area (TPSA) is 230 Å². The third-order valence-electron chi connectivity index (χ3n) is 11.8. The number of aryl methyl sites for hydroxylation is 4. The normalized spacial score (nSPS) is 12.7. The minimum absolute atomic E-state index is 0.112. The van der Waals surface area contributed by atoms with Crippen molar-refractivity contribution in [3.8, 4) is 22.3 Å². The third kappa shape index (κ3) is 6.31. The lowest BCUT2D eigenvalue weighted by Crippen LogP contribution is -1.99. The summed E-state index contributed by atoms with van der Waals surface area (Å²) in [7, 11) is 0. The summed E-state index contributed by atoms with van der Waals surface area (Å²) in [6.07, 6.45) is 1.47. The summed E-state index contributed by atoms with van der Waals surface area (Å²) in [5, 5.41) is 50.5. The van der Waals surface area contributed by atoms with Crippen molar-refractivity contribution in [1.82, 2.24) is 19.9 Å². The molecule has 5 heterocycles. The van der Waals surface area contributed by atoms with Gasteiger partial charge in [0, 0.05) is 35.4 Å². The quantitative estimate of drug-likeness (QED) is 0.100. The Balaban J connectivity index is 1.87. The van der Waals surface area contributed by atoms with E-state index in [1.807, 2.05) is 55.4 Å². The summed E-state index contributed by atoms with van der Waals surface area (Å²) in [4.78, 5) is 65.6. The molecule has 0 spiro atoms. The number of hydrogen-bond acceptors (Lipinski definition) is 10. The Bertz CT molecular complexity index is 2770. The number of nitrogens with zero attached hydrogens (tertiary/aromatic N) is 6. The van der Waals surface area contributed by atoms with Crippen LogP contribution in [0.2, 0.25) is 0 Å². The lowest BCUT2D eigenvalue weighted by molar-refractivity contribution is -0.385. The van der Waals surface area contributed by atoms with Gasteiger partial charge in [-0.15, -0.1) is 0 Å². The Morgan fingerprint density at radius 1 is 0.467 bits per heavy atom. The van der Waals surface area contributed by atoms with Crippen LogP contribution in [0.5, 0.6) is 0 Å². The van der Waals surface area contributed by atoms with Gasteiger partial charge in [0.25, 0.3) is 11.4 Å². The zero-order valence-corrected chi connectivity index (χ0v) is 34.4. The summed E-state index contributed by atoms with van der Waals surface area (Å²) in [6.45, 7) is 14.9. The van der Waals surface area contributed by atoms with E-state index < -0.39 is 19.7 Å². The minimum atomic E-state index is -0.507. The van der Waals surface area contributed by atoms with Gasteiger partial charge in [0.2, 0.25) is 0 Å². The second kappa shape index (κ2) is 15.4. The van der Waals surface area contributed by atoms with Crippen LogP contribution in [0.15, 0.2) is 48.5 Å². The number of non-ortho nitro benzene ring substituents is 2. The number of aromatic nitrogens is 4. The van der Waals surface area contributed by atoms with Crippen molar-refractivity contribution < 1.29 is 19.7 Å². The predicted octanol–water partition coefficient (Wildman–Crippen LogP) is 11.7. The van der Waals surface area contributed by atoms with E-state index >= 15 is 0 Å². The second-order valence-electron chi connectivity index (χ2n) is 14.8. The number of aromatic amines is 2. The van der Waals surface area contributed by atoms with Crippen molar-refractivity contribution in [1.29, 1.82) is 0 Å². The molecule has 16 heteroatoms. The molecule has 2 N–H and O–H groups in total. The van der Waals surface area contributed by atoms with Gasteiger partial charge < -0.3 is 9.97 Å². The standard InChI is InChI=1S/C44H42N8O8/c1-9-29-21(5)35-33(25-13-17-27(18-14-25)49(53)54)36-23(7)31(11-3)41(47-36)44(52(59)60)42-32(12-4)24(8)38(48-42)34(26-15-19-28(20-16-26)50(55)56)37-22(6)30(10-2)40(46-37)43(51(57)58)39(29)45-35/h13-20,45-46H,9-12H2,1-8H3. The number of allylic oxidation sites excluding steroid dienone is 4. The van der Waals surface area contributed by atoms with Crippen molar-refractivity contribution in [2.24, 2.45) is 0 Å². The Labute approximate surface area is 343 Å². The van der Waals surface area contributed by atoms with Gasteiger partial charge in [-0.3, -0.25) is 40.5 Å². The molecule has 60 heavy (non-hydrogen) atoms. The van der Waals surface area contributed by atoms with Crippen LogP contribution >= 0.6 is 0 Å². The molecule has 3 aromatic heterocycles. The first kappa shape index (κ1) is 40.8. The van der Waals surface area contributed by atoms with E-state index in [1.165, 1.54) is 24.3 Å². The fraction of sp³-hybridized carbons (Fsp3) is 0.273. The van der Waals surface area contributed by atoms with Crippen molar-refractivity contribution in [3.63, 3.8) is 0 Å². The Hall–Kier alpha value is -7.36. The molecule has 16 nitrogen and oxygen atoms in total. The van der Waals surface area contributed by atoms with E-state index in [0.29, 0.717) is 115 Å². The lowest BCUT2D eigenvalue weighted by Gasteiger charge is -2.08. The van der Waals surface area contributed by atoms with Crippen molar-refractivity contribution in [2.75, 3.05) is 0 Å². The Kier molecular flexibility index (Phi) is 10.5. The zero-order chi connectivity index (χ0) is 43.5. The number of fused-ring (bicyclic) bond motifs is 8. The van der Waals surface area contributed by atoms with Gasteiger partial charge in [-0.1, -0.05) is 27.7 Å². The van der Waals surface area contributed by atoms with E-state index in [2.05, 4.69) is 9.97 Å². The summed E-state index contributed by atoms with van der Waals surface area (Å²) in [5.41, 5.74) is 8.67. The molecule has 2 aliphatic rings. The maximum Gasteiger partial charge on any atom is 0.320 e. The second-order valence-corrected chi connectivity index (χ2v) is 14.8. The molecule has 7 rings (SSSR count). The Morgan fingerprint density at radius 2 is 0.817 bits per heavy atom. The molecule has 0 fully saturated rings. The van der Waals surface area contributed by atoms with Crippen molar-refractivity contribution >= 4 is 67.1 Å². The van der Waals surface area contributed by atoms with Crippen LogP contribution in [0.1, 0.15) is 99.4 Å². The fourth-order valence-electron chi connectivity index (χ4n) is 8.86. The molecule has 2 aromatic carbocycles. The van der Waals surface area contributed by atoms with Gasteiger partial charge in [-0.25, -0.2) is 9.97 Å². The number of nitrogens with one attached hydrogen (secondary N) is 2. The molecular weight excluding hydrogens is 769 g/mol. The molecule has 0 unspecified atom stereocenters. The average molecular weight is 811 g/mol. The van der Waals surface area contributed by atoms with Gasteiger partial charge in [0.05, 0.1) is 42.1 Å². The van der Waals surface area contributed by atoms with E-state index in [4.69, 9.17) is 9.97 Å². The van der Waals surface area contributed by atoms with Gasteiger partial charge in [-0.05, 0) is 133 Å². The maximum absolute atomic E-state index is 13.5. The highest BCUT2D eigenvalue weighted by molar-refractivity contribution is 6.06. The first-order valence-electron chi connectivity index (χ1n) is 19.6. The monoisotopic (exact) mass is 810 g/mol. The fourth-order valence-corrected chi connectivity index (χ4v) is 8.86. The highest BCUT2D eigenvalue weighted by atomic mass is 16.6. The number of benzene rings is 2. The van der Waals surface area contributed by atoms with E-state index in [-0.39, 0.29) is 45.2 Å². The number of H-pyrrole nitrogens is 2. The zero-order valence-electron chi connectivity index (χ0n) is 34.4. The van der Waals surface area contributed by atoms with Crippen LogP contribution in [0.3, 0.4) is 0 Å². The van der Waals surface area contributed by atoms with Crippen LogP contribution in [-0.2, 0) is 12.8 Å². The molecule has 0 radical (unpaired) electrons. The van der Waals surface area contributed by atoms with Crippen LogP contribution in [-0.4, -0.2) is 39.6 Å². The molecule has 0 amide bonds. The van der Waals surface area contributed by atoms with Gasteiger partial charge in [0.1, 0.15) is 22.4 Å². The van der Waals surface area contributed by atoms with Crippen LogP contribution in [0, 0.1) is 54.3 Å². The number of nitro benzene ring substituents is 2. The van der Waals surface area contributed by atoms with Crippen LogP contribution in [0.4, 0.5) is 22.7 Å². The van der Waals surface area contributed by atoms with Gasteiger partial charge in [0.15, 0.2) is 0 Å². The summed E-state index contributed by atoms with van der Waals surface area (Å²) in [5.74, 6) is 0. The largest absolute Gasteiger partial charge is 0.349 e. The predicted molar refractivity (Wildman–Crippen MR) is 232 cm³/mol. The molecule has 0 saturated heterocycles. The average Bonchev–Trinajstić information content (AvgIpc) is 3.92.